The van der Waals surface area contributed by atoms with Gasteiger partial charge in [0.2, 0.25) is 0 Å². The predicted molar refractivity (Wildman–Crippen MR) is 118 cm³/mol. The van der Waals surface area contributed by atoms with Crippen LogP contribution in [-0.4, -0.2) is 44.3 Å². The van der Waals surface area contributed by atoms with Gasteiger partial charge in [0.25, 0.3) is 0 Å². The maximum Gasteiger partial charge on any atom is 0.387 e. The quantitative estimate of drug-likeness (QED) is 0.323. The number of nitrogens with one attached hydrogen (secondary N) is 2. The molecule has 1 fully saturated rings. The van der Waals surface area contributed by atoms with Gasteiger partial charge in [-0.15, -0.1) is 24.0 Å². The molecule has 27 heavy (non-hydrogen) atoms. The molecule has 1 aromatic rings. The number of methoxy groups -OCH3 is 1. The van der Waals surface area contributed by atoms with Crippen molar-refractivity contribution in [2.24, 2.45) is 4.99 Å². The van der Waals surface area contributed by atoms with Crippen molar-refractivity contribution in [1.82, 2.24) is 10.6 Å². The van der Waals surface area contributed by atoms with Gasteiger partial charge in [0.15, 0.2) is 5.96 Å². The standard InChI is InChI=1S/C18H27F2N3O2S.HI/c1-21-18(23-13-5-4-6-15(9-13)26-3)22-11-12-7-8-14(24-2)10-16(12)25-17(19)20;/h7-8,10,13,15,17H,4-6,9,11H2,1-3H3,(H2,21,22,23);1H. The zero-order valence-corrected chi connectivity index (χ0v) is 19.0. The molecule has 0 saturated heterocycles. The van der Waals surface area contributed by atoms with Crippen molar-refractivity contribution in [1.29, 1.82) is 0 Å². The van der Waals surface area contributed by atoms with Crippen molar-refractivity contribution in [2.75, 3.05) is 20.4 Å². The van der Waals surface area contributed by atoms with Crippen molar-refractivity contribution in [3.05, 3.63) is 23.8 Å². The minimum absolute atomic E-state index is 0. The van der Waals surface area contributed by atoms with Crippen LogP contribution in [0.4, 0.5) is 8.78 Å². The molecule has 9 heteroatoms. The molecule has 1 aliphatic rings. The Morgan fingerprint density at radius 1 is 1.37 bits per heavy atom. The molecule has 2 rings (SSSR count). The number of thioether (sulfide) groups is 1. The lowest BCUT2D eigenvalue weighted by Crippen LogP contribution is -2.45. The van der Waals surface area contributed by atoms with Gasteiger partial charge in [-0.25, -0.2) is 0 Å². The van der Waals surface area contributed by atoms with Crippen LogP contribution in [0.3, 0.4) is 0 Å². The minimum Gasteiger partial charge on any atom is -0.497 e. The Morgan fingerprint density at radius 3 is 2.78 bits per heavy atom. The van der Waals surface area contributed by atoms with Gasteiger partial charge in [-0.2, -0.15) is 20.5 Å². The topological polar surface area (TPSA) is 54.9 Å². The number of guanidine groups is 1. The van der Waals surface area contributed by atoms with Crippen LogP contribution in [0.25, 0.3) is 0 Å². The molecule has 2 N–H and O–H groups in total. The van der Waals surface area contributed by atoms with Crippen molar-refractivity contribution < 1.29 is 18.3 Å². The first kappa shape index (κ1) is 24.1. The van der Waals surface area contributed by atoms with Crippen LogP contribution in [0, 0.1) is 0 Å². The van der Waals surface area contributed by atoms with Gasteiger partial charge in [-0.3, -0.25) is 4.99 Å². The number of hydrogen-bond acceptors (Lipinski definition) is 4. The highest BCUT2D eigenvalue weighted by Gasteiger charge is 2.22. The number of benzene rings is 1. The third-order valence-corrected chi connectivity index (χ3v) is 5.56. The Labute approximate surface area is 181 Å². The normalized spacial score (nSPS) is 20.0. The largest absolute Gasteiger partial charge is 0.497 e. The van der Waals surface area contributed by atoms with E-state index in [-0.39, 0.29) is 29.7 Å². The number of rotatable bonds is 7. The third-order valence-electron chi connectivity index (χ3n) is 4.46. The first-order valence-electron chi connectivity index (χ1n) is 8.67. The van der Waals surface area contributed by atoms with E-state index in [0.717, 1.165) is 12.8 Å². The van der Waals surface area contributed by atoms with E-state index in [1.807, 2.05) is 11.8 Å². The molecule has 1 aromatic carbocycles. The van der Waals surface area contributed by atoms with Gasteiger partial charge in [-0.05, 0) is 37.7 Å². The average Bonchev–Trinajstić information content (AvgIpc) is 2.65. The Kier molecular flexibility index (Phi) is 11.1. The summed E-state index contributed by atoms with van der Waals surface area (Å²) in [5, 5.41) is 7.29. The van der Waals surface area contributed by atoms with Crippen LogP contribution in [-0.2, 0) is 6.54 Å². The number of ether oxygens (including phenoxy) is 2. The first-order chi connectivity index (χ1) is 12.5. The van der Waals surface area contributed by atoms with Crippen molar-refractivity contribution in [3.63, 3.8) is 0 Å². The number of aliphatic imine (C=N–C) groups is 1. The van der Waals surface area contributed by atoms with E-state index in [2.05, 4.69) is 26.6 Å². The maximum absolute atomic E-state index is 12.7. The molecule has 0 aliphatic heterocycles. The number of hydrogen-bond donors (Lipinski definition) is 2. The predicted octanol–water partition coefficient (Wildman–Crippen LogP) is 4.25. The molecule has 1 saturated carbocycles. The fourth-order valence-corrected chi connectivity index (χ4v) is 3.90. The molecular weight excluding hydrogens is 487 g/mol. The number of alkyl halides is 2. The van der Waals surface area contributed by atoms with E-state index < -0.39 is 6.61 Å². The molecule has 2 unspecified atom stereocenters. The Morgan fingerprint density at radius 2 is 2.15 bits per heavy atom. The van der Waals surface area contributed by atoms with Crippen molar-refractivity contribution >= 4 is 41.7 Å². The highest BCUT2D eigenvalue weighted by atomic mass is 127. The van der Waals surface area contributed by atoms with E-state index in [9.17, 15) is 8.78 Å². The van der Waals surface area contributed by atoms with E-state index in [1.165, 1.54) is 26.0 Å². The second-order valence-electron chi connectivity index (χ2n) is 6.14. The van der Waals surface area contributed by atoms with E-state index in [0.29, 0.717) is 35.1 Å². The lowest BCUT2D eigenvalue weighted by atomic mass is 9.95. The van der Waals surface area contributed by atoms with Crippen LogP contribution in [0.1, 0.15) is 31.2 Å². The highest BCUT2D eigenvalue weighted by Crippen LogP contribution is 2.27. The molecule has 154 valence electrons. The molecule has 0 amide bonds. The van der Waals surface area contributed by atoms with E-state index >= 15 is 0 Å². The van der Waals surface area contributed by atoms with Crippen molar-refractivity contribution in [3.8, 4) is 11.5 Å². The first-order valence-corrected chi connectivity index (χ1v) is 9.96. The summed E-state index contributed by atoms with van der Waals surface area (Å²) in [4.78, 5) is 4.25. The molecule has 2 atom stereocenters. The van der Waals surface area contributed by atoms with Crippen LogP contribution in [0.15, 0.2) is 23.2 Å². The fraction of sp³-hybridized carbons (Fsp3) is 0.611. The van der Waals surface area contributed by atoms with Gasteiger partial charge >= 0.3 is 6.61 Å². The lowest BCUT2D eigenvalue weighted by molar-refractivity contribution is -0.0505. The summed E-state index contributed by atoms with van der Waals surface area (Å²) in [5.41, 5.74) is 0.611. The fourth-order valence-electron chi connectivity index (χ4n) is 3.07. The lowest BCUT2D eigenvalue weighted by Gasteiger charge is -2.30. The van der Waals surface area contributed by atoms with Crippen LogP contribution < -0.4 is 20.1 Å². The summed E-state index contributed by atoms with van der Waals surface area (Å²) in [5.74, 6) is 1.23. The molecular formula is C18H28F2IN3O2S. The molecule has 5 nitrogen and oxygen atoms in total. The summed E-state index contributed by atoms with van der Waals surface area (Å²) in [6.07, 6.45) is 6.81. The molecule has 0 aromatic heterocycles. The Balaban J connectivity index is 0.00000364. The van der Waals surface area contributed by atoms with Crippen LogP contribution >= 0.6 is 35.7 Å². The molecule has 0 heterocycles. The molecule has 0 bridgehead atoms. The van der Waals surface area contributed by atoms with Crippen LogP contribution in [0.5, 0.6) is 11.5 Å². The number of nitrogens with zero attached hydrogens (tertiary/aromatic N) is 1. The Hall–Kier alpha value is -0.970. The third kappa shape index (κ3) is 7.89. The Bertz CT molecular complexity index is 608. The smallest absolute Gasteiger partial charge is 0.387 e. The highest BCUT2D eigenvalue weighted by molar-refractivity contribution is 14.0. The summed E-state index contributed by atoms with van der Waals surface area (Å²) >= 11 is 1.91. The maximum atomic E-state index is 12.7. The summed E-state index contributed by atoms with van der Waals surface area (Å²) < 4.78 is 35.0. The van der Waals surface area contributed by atoms with Gasteiger partial charge in [0.05, 0.1) is 7.11 Å². The SMILES string of the molecule is CN=C(NCc1ccc(OC)cc1OC(F)F)NC1CCCC(SC)C1.I. The second-order valence-corrected chi connectivity index (χ2v) is 7.28. The van der Waals surface area contributed by atoms with Gasteiger partial charge in [0, 0.05) is 36.5 Å². The van der Waals surface area contributed by atoms with Gasteiger partial charge in [-0.1, -0.05) is 6.42 Å². The van der Waals surface area contributed by atoms with Gasteiger partial charge < -0.3 is 20.1 Å². The van der Waals surface area contributed by atoms with E-state index in [1.54, 1.807) is 19.2 Å². The minimum atomic E-state index is -2.89. The molecule has 0 spiro atoms. The number of halogens is 3. The summed E-state index contributed by atoms with van der Waals surface area (Å²) in [6.45, 7) is -2.56. The average molecular weight is 515 g/mol. The van der Waals surface area contributed by atoms with Gasteiger partial charge in [0.1, 0.15) is 11.5 Å². The second kappa shape index (κ2) is 12.5. The van der Waals surface area contributed by atoms with Crippen molar-refractivity contribution in [2.45, 2.75) is 50.1 Å². The summed E-state index contributed by atoms with van der Waals surface area (Å²) in [7, 11) is 3.19. The van der Waals surface area contributed by atoms with Crippen LogP contribution in [0.2, 0.25) is 0 Å². The molecule has 1 aliphatic carbocycles. The zero-order chi connectivity index (χ0) is 18.9. The monoisotopic (exact) mass is 515 g/mol. The molecule has 0 radical (unpaired) electrons. The van der Waals surface area contributed by atoms with E-state index in [4.69, 9.17) is 4.74 Å². The summed E-state index contributed by atoms with van der Waals surface area (Å²) in [6, 6.07) is 5.26. The zero-order valence-electron chi connectivity index (χ0n) is 15.8.